The van der Waals surface area contributed by atoms with E-state index in [0.29, 0.717) is 38.0 Å². The fraction of sp³-hybridized carbons (Fsp3) is 0.389. The van der Waals surface area contributed by atoms with E-state index in [9.17, 15) is 19.2 Å². The van der Waals surface area contributed by atoms with Gasteiger partial charge in [-0.2, -0.15) is 0 Å². The number of nitrogens with one attached hydrogen (secondary N) is 2. The summed E-state index contributed by atoms with van der Waals surface area (Å²) in [5, 5.41) is 8.84. The topological polar surface area (TPSA) is 117 Å². The predicted octanol–water partition coefficient (Wildman–Crippen LogP) is 0.666. The van der Waals surface area contributed by atoms with Gasteiger partial charge in [-0.1, -0.05) is 5.16 Å². The Kier molecular flexibility index (Phi) is 3.94. The van der Waals surface area contributed by atoms with Gasteiger partial charge in [0.2, 0.25) is 5.91 Å². The second-order valence-corrected chi connectivity index (χ2v) is 6.99. The van der Waals surface area contributed by atoms with Crippen molar-refractivity contribution in [1.82, 2.24) is 10.2 Å². The third-order valence-electron chi connectivity index (χ3n) is 5.21. The molecule has 9 nitrogen and oxygen atoms in total. The lowest BCUT2D eigenvalue weighted by Gasteiger charge is -2.36. The maximum Gasteiger partial charge on any atom is 0.273 e. The Morgan fingerprint density at radius 1 is 1.19 bits per heavy atom. The summed E-state index contributed by atoms with van der Waals surface area (Å²) in [6.07, 6.45) is 1.61. The number of fused-ring (bicyclic) bond motifs is 1. The van der Waals surface area contributed by atoms with Crippen molar-refractivity contribution in [2.45, 2.75) is 31.8 Å². The number of carbonyl (C=O) groups is 4. The molecule has 0 saturated carbocycles. The van der Waals surface area contributed by atoms with Crippen LogP contribution in [0, 0.1) is 0 Å². The summed E-state index contributed by atoms with van der Waals surface area (Å²) in [6, 6.07) is 4.52. The number of hydrogen-bond acceptors (Lipinski definition) is 6. The maximum atomic E-state index is 12.5. The molecule has 1 fully saturated rings. The summed E-state index contributed by atoms with van der Waals surface area (Å²) in [5.74, 6) is -1.31. The molecule has 3 aliphatic rings. The number of nitrogens with zero attached hydrogens (tertiary/aromatic N) is 2. The summed E-state index contributed by atoms with van der Waals surface area (Å²) in [5.41, 5.74) is 0.653. The lowest BCUT2D eigenvalue weighted by Crippen LogP contribution is -2.46. The number of likely N-dealkylation sites (tertiary alicyclic amines) is 1. The standard InChI is InChI=1S/C18H18N4O5/c1-10(23)22-6-4-18(5-7-22)9-14(21-27-18)17(26)19-11-2-3-12-13(8-11)16(25)20-15(12)24/h2-3,8H,4-7,9H2,1H3,(H,19,26)(H,20,24,25). The summed E-state index contributed by atoms with van der Waals surface area (Å²) in [6.45, 7) is 2.69. The zero-order valence-corrected chi connectivity index (χ0v) is 14.7. The number of piperidine rings is 1. The van der Waals surface area contributed by atoms with E-state index in [1.54, 1.807) is 11.0 Å². The molecule has 0 aromatic heterocycles. The van der Waals surface area contributed by atoms with E-state index in [2.05, 4.69) is 15.8 Å². The molecule has 1 saturated heterocycles. The van der Waals surface area contributed by atoms with E-state index < -0.39 is 23.3 Å². The third kappa shape index (κ3) is 3.05. The fourth-order valence-electron chi connectivity index (χ4n) is 3.59. The highest BCUT2D eigenvalue weighted by atomic mass is 16.7. The van der Waals surface area contributed by atoms with Gasteiger partial charge >= 0.3 is 0 Å². The second kappa shape index (κ2) is 6.19. The summed E-state index contributed by atoms with van der Waals surface area (Å²) in [4.78, 5) is 54.6. The summed E-state index contributed by atoms with van der Waals surface area (Å²) < 4.78 is 0. The monoisotopic (exact) mass is 370 g/mol. The molecule has 1 spiro atoms. The quantitative estimate of drug-likeness (QED) is 0.742. The van der Waals surface area contributed by atoms with Gasteiger partial charge in [0.25, 0.3) is 17.7 Å². The number of oxime groups is 1. The number of carbonyl (C=O) groups excluding carboxylic acids is 4. The lowest BCUT2D eigenvalue weighted by molar-refractivity contribution is -0.134. The number of rotatable bonds is 2. The van der Waals surface area contributed by atoms with Crippen molar-refractivity contribution in [1.29, 1.82) is 0 Å². The van der Waals surface area contributed by atoms with E-state index in [1.165, 1.54) is 19.1 Å². The van der Waals surface area contributed by atoms with Crippen molar-refractivity contribution in [3.63, 3.8) is 0 Å². The Hall–Kier alpha value is -3.23. The number of anilines is 1. The van der Waals surface area contributed by atoms with E-state index >= 15 is 0 Å². The highest BCUT2D eigenvalue weighted by Crippen LogP contribution is 2.35. The maximum absolute atomic E-state index is 12.5. The van der Waals surface area contributed by atoms with Crippen LogP contribution in [0.15, 0.2) is 23.4 Å². The van der Waals surface area contributed by atoms with Crippen LogP contribution in [-0.4, -0.2) is 52.9 Å². The van der Waals surface area contributed by atoms with Gasteiger partial charge in [-0.05, 0) is 18.2 Å². The molecule has 0 radical (unpaired) electrons. The molecule has 0 atom stereocenters. The molecule has 0 bridgehead atoms. The molecule has 0 aliphatic carbocycles. The third-order valence-corrected chi connectivity index (χ3v) is 5.21. The molecular formula is C18H18N4O5. The van der Waals surface area contributed by atoms with E-state index in [4.69, 9.17) is 4.84 Å². The minimum absolute atomic E-state index is 0.0286. The molecule has 27 heavy (non-hydrogen) atoms. The summed E-state index contributed by atoms with van der Waals surface area (Å²) >= 11 is 0. The van der Waals surface area contributed by atoms with Gasteiger partial charge in [0, 0.05) is 45.0 Å². The Bertz CT molecular complexity index is 899. The van der Waals surface area contributed by atoms with Crippen molar-refractivity contribution < 1.29 is 24.0 Å². The molecule has 4 amide bonds. The van der Waals surface area contributed by atoms with Gasteiger partial charge in [0.05, 0.1) is 11.1 Å². The number of imide groups is 1. The smallest absolute Gasteiger partial charge is 0.273 e. The van der Waals surface area contributed by atoms with Crippen LogP contribution in [0.1, 0.15) is 46.9 Å². The first-order chi connectivity index (χ1) is 12.9. The van der Waals surface area contributed by atoms with Crippen LogP contribution < -0.4 is 10.6 Å². The first-order valence-corrected chi connectivity index (χ1v) is 8.69. The average Bonchev–Trinajstić information content (AvgIpc) is 3.17. The van der Waals surface area contributed by atoms with Crippen LogP contribution in [0.25, 0.3) is 0 Å². The van der Waals surface area contributed by atoms with Crippen LogP contribution in [-0.2, 0) is 14.4 Å². The first-order valence-electron chi connectivity index (χ1n) is 8.69. The molecule has 3 heterocycles. The van der Waals surface area contributed by atoms with Gasteiger partial charge in [0.1, 0.15) is 11.3 Å². The Morgan fingerprint density at radius 3 is 2.59 bits per heavy atom. The van der Waals surface area contributed by atoms with Crippen molar-refractivity contribution in [2.24, 2.45) is 5.16 Å². The Labute approximate surface area is 154 Å². The van der Waals surface area contributed by atoms with Crippen LogP contribution in [0.3, 0.4) is 0 Å². The SMILES string of the molecule is CC(=O)N1CCC2(CC1)CC(C(=O)Nc1ccc3c(c1)C(=O)NC3=O)=NO2. The van der Waals surface area contributed by atoms with Crippen LogP contribution in [0.5, 0.6) is 0 Å². The number of hydrogen-bond donors (Lipinski definition) is 2. The van der Waals surface area contributed by atoms with Gasteiger partial charge in [-0.15, -0.1) is 0 Å². The first kappa shape index (κ1) is 17.2. The van der Waals surface area contributed by atoms with Crippen LogP contribution in [0.2, 0.25) is 0 Å². The zero-order valence-electron chi connectivity index (χ0n) is 14.7. The highest BCUT2D eigenvalue weighted by Gasteiger charge is 2.44. The van der Waals surface area contributed by atoms with E-state index in [1.807, 2.05) is 0 Å². The van der Waals surface area contributed by atoms with Gasteiger partial charge in [0.15, 0.2) is 0 Å². The van der Waals surface area contributed by atoms with Crippen molar-refractivity contribution in [3.05, 3.63) is 29.3 Å². The van der Waals surface area contributed by atoms with E-state index in [0.717, 1.165) is 0 Å². The van der Waals surface area contributed by atoms with Crippen LogP contribution in [0.4, 0.5) is 5.69 Å². The molecule has 4 rings (SSSR count). The minimum Gasteiger partial charge on any atom is -0.388 e. The van der Waals surface area contributed by atoms with Crippen molar-refractivity contribution in [2.75, 3.05) is 18.4 Å². The second-order valence-electron chi connectivity index (χ2n) is 6.99. The fourth-order valence-corrected chi connectivity index (χ4v) is 3.59. The van der Waals surface area contributed by atoms with Crippen LogP contribution >= 0.6 is 0 Å². The normalized spacial score (nSPS) is 20.0. The van der Waals surface area contributed by atoms with Crippen molar-refractivity contribution in [3.8, 4) is 0 Å². The largest absolute Gasteiger partial charge is 0.388 e. The number of amides is 4. The molecule has 1 aromatic rings. The molecule has 2 N–H and O–H groups in total. The van der Waals surface area contributed by atoms with Gasteiger partial charge < -0.3 is 15.1 Å². The minimum atomic E-state index is -0.539. The predicted molar refractivity (Wildman–Crippen MR) is 94.2 cm³/mol. The zero-order chi connectivity index (χ0) is 19.2. The lowest BCUT2D eigenvalue weighted by atomic mass is 9.86. The molecule has 0 unspecified atom stereocenters. The van der Waals surface area contributed by atoms with E-state index in [-0.39, 0.29) is 22.7 Å². The van der Waals surface area contributed by atoms with Crippen molar-refractivity contribution >= 4 is 35.0 Å². The molecule has 1 aromatic carbocycles. The number of benzene rings is 1. The Balaban J connectivity index is 1.40. The van der Waals surface area contributed by atoms with Gasteiger partial charge in [-0.25, -0.2) is 0 Å². The van der Waals surface area contributed by atoms with Gasteiger partial charge in [-0.3, -0.25) is 24.5 Å². The Morgan fingerprint density at radius 2 is 1.89 bits per heavy atom. The molecule has 3 aliphatic heterocycles. The molecular weight excluding hydrogens is 352 g/mol. The average molecular weight is 370 g/mol. The summed E-state index contributed by atoms with van der Waals surface area (Å²) in [7, 11) is 0. The highest BCUT2D eigenvalue weighted by molar-refractivity contribution is 6.43. The molecule has 9 heteroatoms. The molecule has 140 valence electrons.